The molecule has 1 heterocycles. The van der Waals surface area contributed by atoms with E-state index in [0.717, 1.165) is 25.6 Å². The second kappa shape index (κ2) is 13.1. The van der Waals surface area contributed by atoms with Gasteiger partial charge in [0.05, 0.1) is 0 Å². The summed E-state index contributed by atoms with van der Waals surface area (Å²) in [7, 11) is 0. The van der Waals surface area contributed by atoms with Crippen LogP contribution in [0.25, 0.3) is 0 Å². The van der Waals surface area contributed by atoms with Gasteiger partial charge in [0.15, 0.2) is 0 Å². The van der Waals surface area contributed by atoms with Crippen LogP contribution in [0.15, 0.2) is 24.3 Å². The summed E-state index contributed by atoms with van der Waals surface area (Å²) in [6, 6.07) is 11.3. The van der Waals surface area contributed by atoms with Crippen LogP contribution >= 0.6 is 0 Å². The molecule has 1 unspecified atom stereocenters. The van der Waals surface area contributed by atoms with Gasteiger partial charge in [-0.25, -0.2) is 0 Å². The van der Waals surface area contributed by atoms with Crippen molar-refractivity contribution in [3.05, 3.63) is 35.4 Å². The van der Waals surface area contributed by atoms with Crippen LogP contribution in [-0.2, 0) is 6.42 Å². The molecule has 3 rings (SSSR count). The zero-order valence-electron chi connectivity index (χ0n) is 21.7. The summed E-state index contributed by atoms with van der Waals surface area (Å²) < 4.78 is 0. The van der Waals surface area contributed by atoms with E-state index in [1.54, 1.807) is 0 Å². The molecule has 32 heavy (non-hydrogen) atoms. The molecule has 0 spiro atoms. The summed E-state index contributed by atoms with van der Waals surface area (Å²) in [6.07, 6.45) is 6.71. The Morgan fingerprint density at radius 3 is 1.81 bits per heavy atom. The molecule has 1 saturated heterocycles. The normalized spacial score (nSPS) is 28.1. The Hall–Kier alpha value is -0.940. The van der Waals surface area contributed by atoms with E-state index in [2.05, 4.69) is 78.5 Å². The SMILES string of the molecule is CCN1CCN(CC)C2CCCC[C@H]2N(CC)C[C@@H](Cc2ccc(C)cc2)N(CC)CC1. The maximum Gasteiger partial charge on any atom is 0.0264 e. The highest BCUT2D eigenvalue weighted by Gasteiger charge is 2.35. The first-order valence-corrected chi connectivity index (χ1v) is 13.6. The fourth-order valence-corrected chi connectivity index (χ4v) is 6.14. The predicted molar refractivity (Wildman–Crippen MR) is 139 cm³/mol. The Morgan fingerprint density at radius 1 is 0.688 bits per heavy atom. The zero-order chi connectivity index (χ0) is 22.9. The average molecular weight is 443 g/mol. The number of hydrogen-bond donors (Lipinski definition) is 0. The molecular formula is C28H50N4. The lowest BCUT2D eigenvalue weighted by molar-refractivity contribution is 0.0214. The number of nitrogens with zero attached hydrogens (tertiary/aromatic N) is 4. The highest BCUT2D eigenvalue weighted by Crippen LogP contribution is 2.28. The maximum absolute atomic E-state index is 2.87. The largest absolute Gasteiger partial charge is 0.301 e. The standard InChI is InChI=1S/C28H50N4/c1-6-29-18-20-30(7-2)26(22-25-16-14-24(5)15-17-25)23-32(9-4)28-13-11-10-12-27(28)31(8-3)21-19-29/h14-17,26-28H,6-13,18-23H2,1-5H3/t26-,27?,28-/m1/s1. The molecule has 4 nitrogen and oxygen atoms in total. The van der Waals surface area contributed by atoms with Crippen LogP contribution in [-0.4, -0.2) is 96.6 Å². The first-order chi connectivity index (χ1) is 15.6. The van der Waals surface area contributed by atoms with E-state index in [-0.39, 0.29) is 0 Å². The van der Waals surface area contributed by atoms with Crippen molar-refractivity contribution in [3.8, 4) is 0 Å². The fourth-order valence-electron chi connectivity index (χ4n) is 6.14. The molecular weight excluding hydrogens is 392 g/mol. The van der Waals surface area contributed by atoms with Crippen molar-refractivity contribution in [2.45, 2.75) is 84.8 Å². The monoisotopic (exact) mass is 442 g/mol. The molecule has 0 aromatic heterocycles. The van der Waals surface area contributed by atoms with Gasteiger partial charge in [0.25, 0.3) is 0 Å². The Bertz CT molecular complexity index is 645. The molecule has 3 atom stereocenters. The highest BCUT2D eigenvalue weighted by molar-refractivity contribution is 5.22. The first kappa shape index (κ1) is 25.7. The van der Waals surface area contributed by atoms with Crippen molar-refractivity contribution in [2.24, 2.45) is 0 Å². The van der Waals surface area contributed by atoms with Gasteiger partial charge in [-0.1, -0.05) is 70.4 Å². The lowest BCUT2D eigenvalue weighted by atomic mass is 9.87. The highest BCUT2D eigenvalue weighted by atomic mass is 15.3. The molecule has 1 aromatic carbocycles. The van der Waals surface area contributed by atoms with E-state index < -0.39 is 0 Å². The molecule has 4 heteroatoms. The van der Waals surface area contributed by atoms with Crippen LogP contribution in [0.1, 0.15) is 64.5 Å². The van der Waals surface area contributed by atoms with Gasteiger partial charge in [-0.05, 0) is 57.9 Å². The number of rotatable bonds is 6. The Balaban J connectivity index is 1.89. The average Bonchev–Trinajstić information content (AvgIpc) is 2.82. The van der Waals surface area contributed by atoms with Crippen molar-refractivity contribution in [1.82, 2.24) is 19.6 Å². The van der Waals surface area contributed by atoms with E-state index in [0.29, 0.717) is 12.1 Å². The van der Waals surface area contributed by atoms with Gasteiger partial charge in [0, 0.05) is 50.8 Å². The van der Waals surface area contributed by atoms with Crippen molar-refractivity contribution in [3.63, 3.8) is 0 Å². The van der Waals surface area contributed by atoms with E-state index in [1.165, 1.54) is 82.6 Å². The summed E-state index contributed by atoms with van der Waals surface area (Å²) in [6.45, 7) is 22.3. The van der Waals surface area contributed by atoms with Gasteiger partial charge >= 0.3 is 0 Å². The Morgan fingerprint density at radius 2 is 1.25 bits per heavy atom. The molecule has 0 N–H and O–H groups in total. The summed E-state index contributed by atoms with van der Waals surface area (Å²) in [5, 5.41) is 0. The van der Waals surface area contributed by atoms with Gasteiger partial charge in [-0.2, -0.15) is 0 Å². The lowest BCUT2D eigenvalue weighted by Crippen LogP contribution is -2.58. The molecule has 0 radical (unpaired) electrons. The second-order valence-electron chi connectivity index (χ2n) is 10.0. The quantitative estimate of drug-likeness (QED) is 0.642. The number of aryl methyl sites for hydroxylation is 1. The van der Waals surface area contributed by atoms with Crippen LogP contribution in [0.2, 0.25) is 0 Å². The zero-order valence-corrected chi connectivity index (χ0v) is 21.7. The van der Waals surface area contributed by atoms with Crippen molar-refractivity contribution < 1.29 is 0 Å². The lowest BCUT2D eigenvalue weighted by Gasteiger charge is -2.47. The second-order valence-corrected chi connectivity index (χ2v) is 10.0. The fraction of sp³-hybridized carbons (Fsp3) is 0.786. The van der Waals surface area contributed by atoms with Gasteiger partial charge in [0.1, 0.15) is 0 Å². The Kier molecular flexibility index (Phi) is 10.5. The van der Waals surface area contributed by atoms with Gasteiger partial charge in [-0.3, -0.25) is 14.7 Å². The van der Waals surface area contributed by atoms with E-state index >= 15 is 0 Å². The van der Waals surface area contributed by atoms with Gasteiger partial charge in [0.2, 0.25) is 0 Å². The number of hydrogen-bond acceptors (Lipinski definition) is 4. The molecule has 1 aromatic rings. The molecule has 182 valence electrons. The minimum Gasteiger partial charge on any atom is -0.301 e. The van der Waals surface area contributed by atoms with Crippen LogP contribution in [0.5, 0.6) is 0 Å². The third-order valence-corrected chi connectivity index (χ3v) is 8.26. The summed E-state index contributed by atoms with van der Waals surface area (Å²) >= 11 is 0. The van der Waals surface area contributed by atoms with Gasteiger partial charge < -0.3 is 4.90 Å². The number of benzene rings is 1. The molecule has 1 aliphatic heterocycles. The van der Waals surface area contributed by atoms with Crippen molar-refractivity contribution in [1.29, 1.82) is 0 Å². The predicted octanol–water partition coefficient (Wildman–Crippen LogP) is 4.52. The Labute approximate surface area is 198 Å². The number of likely N-dealkylation sites (N-methyl/N-ethyl adjacent to an activating group) is 4. The van der Waals surface area contributed by atoms with E-state index in [1.807, 2.05) is 0 Å². The molecule has 2 aliphatic rings. The summed E-state index contributed by atoms with van der Waals surface area (Å²) in [4.78, 5) is 11.2. The van der Waals surface area contributed by atoms with Crippen LogP contribution in [0.4, 0.5) is 0 Å². The van der Waals surface area contributed by atoms with Crippen molar-refractivity contribution >= 4 is 0 Å². The molecule has 0 amide bonds. The minimum absolute atomic E-state index is 0.582. The van der Waals surface area contributed by atoms with Crippen LogP contribution in [0, 0.1) is 6.92 Å². The summed E-state index contributed by atoms with van der Waals surface area (Å²) in [5.41, 5.74) is 2.85. The van der Waals surface area contributed by atoms with E-state index in [9.17, 15) is 0 Å². The van der Waals surface area contributed by atoms with E-state index in [4.69, 9.17) is 0 Å². The van der Waals surface area contributed by atoms with Gasteiger partial charge in [-0.15, -0.1) is 0 Å². The molecule has 1 saturated carbocycles. The third-order valence-electron chi connectivity index (χ3n) is 8.26. The molecule has 2 fully saturated rings. The number of fused-ring (bicyclic) bond motifs is 1. The smallest absolute Gasteiger partial charge is 0.0264 e. The molecule has 0 bridgehead atoms. The third kappa shape index (κ3) is 6.79. The first-order valence-electron chi connectivity index (χ1n) is 13.6. The summed E-state index contributed by atoms with van der Waals surface area (Å²) in [5.74, 6) is 0. The van der Waals surface area contributed by atoms with Crippen molar-refractivity contribution in [2.75, 3.05) is 58.9 Å². The maximum atomic E-state index is 2.87. The minimum atomic E-state index is 0.582. The topological polar surface area (TPSA) is 13.0 Å². The van der Waals surface area contributed by atoms with Crippen LogP contribution in [0.3, 0.4) is 0 Å². The molecule has 1 aliphatic carbocycles. The van der Waals surface area contributed by atoms with Crippen LogP contribution < -0.4 is 0 Å².